The third-order valence-electron chi connectivity index (χ3n) is 8.62. The van der Waals surface area contributed by atoms with Crippen molar-refractivity contribution in [3.05, 3.63) is 88.9 Å². The molecule has 246 valence electrons. The molecule has 5 rings (SSSR count). The monoisotopic (exact) mass is 634 g/mol. The molecular formula is C34H43FN6O5. The normalized spacial score (nSPS) is 19.6. The zero-order chi connectivity index (χ0) is 33.0. The molecule has 3 aromatic rings. The Kier molecular flexibility index (Phi) is 10.4. The number of aryl methyl sites for hydroxylation is 3. The molecule has 1 aromatic heterocycles. The van der Waals surface area contributed by atoms with E-state index in [0.29, 0.717) is 73.2 Å². The lowest BCUT2D eigenvalue weighted by Gasteiger charge is -2.40. The smallest absolute Gasteiger partial charge is 0.255 e. The van der Waals surface area contributed by atoms with Gasteiger partial charge < -0.3 is 30.1 Å². The summed E-state index contributed by atoms with van der Waals surface area (Å²) in [7, 11) is 1.78. The van der Waals surface area contributed by atoms with Crippen molar-refractivity contribution in [1.82, 2.24) is 24.9 Å². The van der Waals surface area contributed by atoms with Gasteiger partial charge in [-0.3, -0.25) is 19.2 Å². The van der Waals surface area contributed by atoms with Crippen molar-refractivity contribution in [2.75, 3.05) is 44.6 Å². The number of halogens is 1. The van der Waals surface area contributed by atoms with E-state index in [1.807, 2.05) is 19.9 Å². The Balaban J connectivity index is 1.46. The molecule has 0 aliphatic carbocycles. The average molecular weight is 635 g/mol. The third kappa shape index (κ3) is 7.75. The van der Waals surface area contributed by atoms with Gasteiger partial charge >= 0.3 is 0 Å². The minimum absolute atomic E-state index is 0.0495. The minimum Gasteiger partial charge on any atom is -0.484 e. The summed E-state index contributed by atoms with van der Waals surface area (Å²) in [4.78, 5) is 29.9. The van der Waals surface area contributed by atoms with Gasteiger partial charge in [0.1, 0.15) is 23.5 Å². The first-order valence-corrected chi connectivity index (χ1v) is 15.6. The first-order chi connectivity index (χ1) is 22.0. The second kappa shape index (κ2) is 14.4. The number of carbonyl (C=O) groups excluding carboxylic acids is 2. The van der Waals surface area contributed by atoms with E-state index in [-0.39, 0.29) is 35.3 Å². The molecule has 3 N–H and O–H groups in total. The van der Waals surface area contributed by atoms with Crippen LogP contribution in [-0.2, 0) is 16.6 Å². The lowest BCUT2D eigenvalue weighted by atomic mass is 10.0. The summed E-state index contributed by atoms with van der Waals surface area (Å²) in [6.45, 7) is 12.2. The molecule has 3 heterocycles. The van der Waals surface area contributed by atoms with Crippen LogP contribution in [0, 0.1) is 19.7 Å². The number of aliphatic hydroxyl groups excluding tert-OH is 1. The Hall–Kier alpha value is -4.26. The SMILES string of the molecule is C=CC(=O)N1CCN(C[C@@H](Oc2cc(C)c(C(O)Nc3ccn(C)n3)cc2C(=O)NC[C@H]2CCO2)c2ccc(C)c(F)c2)C[C@H]1C. The number of hydrogen-bond donors (Lipinski definition) is 3. The number of rotatable bonds is 12. The lowest BCUT2D eigenvalue weighted by molar-refractivity contribution is -0.130. The Bertz CT molecular complexity index is 1570. The summed E-state index contributed by atoms with van der Waals surface area (Å²) in [5.41, 5.74) is 2.53. The van der Waals surface area contributed by atoms with Crippen LogP contribution in [0.1, 0.15) is 58.3 Å². The molecule has 46 heavy (non-hydrogen) atoms. The highest BCUT2D eigenvalue weighted by Crippen LogP contribution is 2.33. The molecule has 2 fully saturated rings. The first kappa shape index (κ1) is 33.1. The van der Waals surface area contributed by atoms with E-state index in [9.17, 15) is 19.1 Å². The molecule has 1 unspecified atom stereocenters. The highest BCUT2D eigenvalue weighted by Gasteiger charge is 2.30. The number of benzene rings is 2. The van der Waals surface area contributed by atoms with Crippen molar-refractivity contribution in [3.8, 4) is 5.75 Å². The topological polar surface area (TPSA) is 121 Å². The summed E-state index contributed by atoms with van der Waals surface area (Å²) >= 11 is 0. The maximum Gasteiger partial charge on any atom is 0.255 e. The van der Waals surface area contributed by atoms with E-state index in [1.54, 1.807) is 54.0 Å². The van der Waals surface area contributed by atoms with Crippen LogP contribution >= 0.6 is 0 Å². The van der Waals surface area contributed by atoms with Gasteiger partial charge in [-0.25, -0.2) is 4.39 Å². The Labute approximate surface area is 269 Å². The molecule has 12 heteroatoms. The van der Waals surface area contributed by atoms with Gasteiger partial charge in [-0.15, -0.1) is 0 Å². The van der Waals surface area contributed by atoms with E-state index in [2.05, 4.69) is 27.2 Å². The molecule has 2 saturated heterocycles. The summed E-state index contributed by atoms with van der Waals surface area (Å²) in [5, 5.41) is 21.3. The van der Waals surface area contributed by atoms with Gasteiger partial charge in [-0.1, -0.05) is 18.7 Å². The largest absolute Gasteiger partial charge is 0.484 e. The number of piperazine rings is 1. The average Bonchev–Trinajstić information content (AvgIpc) is 3.41. The Morgan fingerprint density at radius 1 is 1.22 bits per heavy atom. The van der Waals surface area contributed by atoms with Crippen LogP contribution in [0.3, 0.4) is 0 Å². The van der Waals surface area contributed by atoms with Crippen molar-refractivity contribution in [1.29, 1.82) is 0 Å². The van der Waals surface area contributed by atoms with Crippen LogP contribution in [-0.4, -0.2) is 88.0 Å². The number of aromatic nitrogens is 2. The van der Waals surface area contributed by atoms with Gasteiger partial charge in [0.15, 0.2) is 6.23 Å². The molecule has 2 aromatic carbocycles. The number of anilines is 1. The molecule has 0 bridgehead atoms. The van der Waals surface area contributed by atoms with E-state index < -0.39 is 12.3 Å². The Morgan fingerprint density at radius 3 is 2.63 bits per heavy atom. The van der Waals surface area contributed by atoms with Crippen LogP contribution in [0.5, 0.6) is 5.75 Å². The number of carbonyl (C=O) groups is 2. The molecule has 4 atom stereocenters. The van der Waals surface area contributed by atoms with E-state index in [4.69, 9.17) is 9.47 Å². The van der Waals surface area contributed by atoms with Crippen LogP contribution < -0.4 is 15.4 Å². The predicted octanol–water partition coefficient (Wildman–Crippen LogP) is 3.64. The van der Waals surface area contributed by atoms with Crippen LogP contribution in [0.15, 0.2) is 55.3 Å². The number of ether oxygens (including phenoxy) is 2. The van der Waals surface area contributed by atoms with Gasteiger partial charge in [0.05, 0.1) is 11.7 Å². The fourth-order valence-corrected chi connectivity index (χ4v) is 5.78. The summed E-state index contributed by atoms with van der Waals surface area (Å²) in [5.74, 6) is -0.0598. The van der Waals surface area contributed by atoms with Crippen molar-refractivity contribution < 1.29 is 28.6 Å². The molecule has 0 saturated carbocycles. The lowest BCUT2D eigenvalue weighted by Crippen LogP contribution is -2.54. The zero-order valence-electron chi connectivity index (χ0n) is 26.8. The predicted molar refractivity (Wildman–Crippen MR) is 172 cm³/mol. The van der Waals surface area contributed by atoms with Gasteiger partial charge in [-0.2, -0.15) is 5.10 Å². The van der Waals surface area contributed by atoms with E-state index >= 15 is 0 Å². The van der Waals surface area contributed by atoms with Crippen molar-refractivity contribution in [2.45, 2.75) is 51.7 Å². The molecule has 11 nitrogen and oxygen atoms in total. The Morgan fingerprint density at radius 2 is 2.00 bits per heavy atom. The molecule has 0 radical (unpaired) electrons. The zero-order valence-corrected chi connectivity index (χ0v) is 26.8. The third-order valence-corrected chi connectivity index (χ3v) is 8.62. The highest BCUT2D eigenvalue weighted by atomic mass is 19.1. The second-order valence-corrected chi connectivity index (χ2v) is 12.1. The van der Waals surface area contributed by atoms with Crippen LogP contribution in [0.4, 0.5) is 10.2 Å². The van der Waals surface area contributed by atoms with Crippen LogP contribution in [0.2, 0.25) is 0 Å². The van der Waals surface area contributed by atoms with Crippen molar-refractivity contribution in [2.24, 2.45) is 7.05 Å². The summed E-state index contributed by atoms with van der Waals surface area (Å²) < 4.78 is 28.6. The number of hydrogen-bond acceptors (Lipinski definition) is 8. The van der Waals surface area contributed by atoms with Crippen molar-refractivity contribution in [3.63, 3.8) is 0 Å². The molecular weight excluding hydrogens is 591 g/mol. The number of aliphatic hydroxyl groups is 1. The van der Waals surface area contributed by atoms with Gasteiger partial charge in [-0.05, 0) is 68.2 Å². The molecule has 0 spiro atoms. The van der Waals surface area contributed by atoms with Gasteiger partial charge in [0, 0.05) is 70.2 Å². The van der Waals surface area contributed by atoms with Gasteiger partial charge in [0.25, 0.3) is 5.91 Å². The van der Waals surface area contributed by atoms with E-state index in [1.165, 1.54) is 12.1 Å². The number of nitrogens with zero attached hydrogens (tertiary/aromatic N) is 4. The van der Waals surface area contributed by atoms with Gasteiger partial charge in [0.2, 0.25) is 5.91 Å². The van der Waals surface area contributed by atoms with E-state index in [0.717, 1.165) is 6.42 Å². The molecule has 2 aliphatic rings. The summed E-state index contributed by atoms with van der Waals surface area (Å²) in [6.07, 6.45) is 2.10. The number of amides is 2. The second-order valence-electron chi connectivity index (χ2n) is 12.1. The van der Waals surface area contributed by atoms with Crippen LogP contribution in [0.25, 0.3) is 0 Å². The first-order valence-electron chi connectivity index (χ1n) is 15.6. The maximum atomic E-state index is 14.9. The summed E-state index contributed by atoms with van der Waals surface area (Å²) in [6, 6.07) is 10.0. The minimum atomic E-state index is -1.15. The highest BCUT2D eigenvalue weighted by molar-refractivity contribution is 5.97. The molecule has 2 aliphatic heterocycles. The standard InChI is InChI=1S/C34H43FN6O5/c1-6-32(42)41-13-12-40(19-23(41)4)20-30(24-8-7-21(2)28(35)16-24)46-29-15-22(3)26(34(44)37-31-9-11-39(5)38-31)17-27(29)33(43)36-18-25-10-14-45-25/h6-9,11,15-17,23,25,30,34,44H,1,10,12-14,18-20H2,2-5H3,(H,36,43)(H,37,38)/t23-,25-,30-,34?/m1/s1. The number of nitrogens with one attached hydrogen (secondary N) is 2. The van der Waals surface area contributed by atoms with Crippen molar-refractivity contribution >= 4 is 17.6 Å². The maximum absolute atomic E-state index is 14.9. The fraction of sp³-hybridized carbons (Fsp3) is 0.441. The molecule has 2 amide bonds. The fourth-order valence-electron chi connectivity index (χ4n) is 5.78. The quantitative estimate of drug-likeness (QED) is 0.204.